The summed E-state index contributed by atoms with van der Waals surface area (Å²) in [5.41, 5.74) is 1.56. The topological polar surface area (TPSA) is 95.5 Å². The summed E-state index contributed by atoms with van der Waals surface area (Å²) in [5, 5.41) is 8.17. The Morgan fingerprint density at radius 2 is 2.31 bits per heavy atom. The van der Waals surface area contributed by atoms with Gasteiger partial charge in [0.05, 0.1) is 30.9 Å². The summed E-state index contributed by atoms with van der Waals surface area (Å²) >= 11 is 0. The lowest BCUT2D eigenvalue weighted by Crippen LogP contribution is -2.46. The Balaban J connectivity index is 1.63. The average molecular weight is 363 g/mol. The van der Waals surface area contributed by atoms with E-state index in [1.807, 2.05) is 11.6 Å². The Labute approximate surface area is 152 Å². The molecular formula is C17H25N5O4. The Kier molecular flexibility index (Phi) is 6.00. The Morgan fingerprint density at radius 1 is 1.46 bits per heavy atom. The molecule has 0 bridgehead atoms. The standard InChI is InChI=1S/C17H25N5O4/c1-4-5-22-12(2)14(9-18-22)17(23)21-6-7-25-13(10-21)8-16-19-15(11-24-3)20-26-16/h9,13H,4-8,10-11H2,1-3H3. The van der Waals surface area contributed by atoms with Crippen LogP contribution in [0.15, 0.2) is 10.7 Å². The molecule has 0 aliphatic carbocycles. The van der Waals surface area contributed by atoms with Gasteiger partial charge >= 0.3 is 0 Å². The predicted molar refractivity (Wildman–Crippen MR) is 91.6 cm³/mol. The highest BCUT2D eigenvalue weighted by atomic mass is 16.5. The zero-order valence-electron chi connectivity index (χ0n) is 15.5. The molecule has 1 saturated heterocycles. The van der Waals surface area contributed by atoms with Gasteiger partial charge in [0.25, 0.3) is 5.91 Å². The molecule has 1 unspecified atom stereocenters. The van der Waals surface area contributed by atoms with Crippen molar-refractivity contribution in [2.45, 2.75) is 45.9 Å². The molecule has 1 fully saturated rings. The van der Waals surface area contributed by atoms with Gasteiger partial charge in [-0.15, -0.1) is 0 Å². The van der Waals surface area contributed by atoms with E-state index in [1.165, 1.54) is 0 Å². The first-order valence-corrected chi connectivity index (χ1v) is 8.86. The second kappa shape index (κ2) is 8.41. The van der Waals surface area contributed by atoms with Crippen molar-refractivity contribution in [3.8, 4) is 0 Å². The number of aromatic nitrogens is 4. The van der Waals surface area contributed by atoms with Gasteiger partial charge in [-0.2, -0.15) is 10.1 Å². The third-order valence-corrected chi connectivity index (χ3v) is 4.38. The summed E-state index contributed by atoms with van der Waals surface area (Å²) in [6.45, 7) is 6.67. The third-order valence-electron chi connectivity index (χ3n) is 4.38. The number of nitrogens with zero attached hydrogens (tertiary/aromatic N) is 5. The van der Waals surface area contributed by atoms with Gasteiger partial charge in [0, 0.05) is 32.4 Å². The lowest BCUT2D eigenvalue weighted by molar-refractivity contribution is -0.0237. The van der Waals surface area contributed by atoms with Crippen LogP contribution >= 0.6 is 0 Å². The van der Waals surface area contributed by atoms with Crippen LogP contribution in [0.4, 0.5) is 0 Å². The van der Waals surface area contributed by atoms with Crippen LogP contribution in [0.25, 0.3) is 0 Å². The number of hydrogen-bond acceptors (Lipinski definition) is 7. The molecule has 9 nitrogen and oxygen atoms in total. The van der Waals surface area contributed by atoms with Crippen LogP contribution in [0.3, 0.4) is 0 Å². The molecule has 1 amide bonds. The minimum absolute atomic E-state index is 0.0104. The molecule has 0 aromatic carbocycles. The van der Waals surface area contributed by atoms with Crippen molar-refractivity contribution in [3.05, 3.63) is 29.2 Å². The lowest BCUT2D eigenvalue weighted by Gasteiger charge is -2.32. The van der Waals surface area contributed by atoms with Crippen LogP contribution < -0.4 is 0 Å². The fourth-order valence-electron chi connectivity index (χ4n) is 3.05. The summed E-state index contributed by atoms with van der Waals surface area (Å²) in [5.74, 6) is 0.984. The molecule has 3 heterocycles. The number of amides is 1. The van der Waals surface area contributed by atoms with Crippen LogP contribution in [0, 0.1) is 6.92 Å². The van der Waals surface area contributed by atoms with E-state index in [-0.39, 0.29) is 12.0 Å². The smallest absolute Gasteiger partial charge is 0.257 e. The number of rotatable bonds is 7. The largest absolute Gasteiger partial charge is 0.377 e. The summed E-state index contributed by atoms with van der Waals surface area (Å²) in [7, 11) is 1.58. The summed E-state index contributed by atoms with van der Waals surface area (Å²) in [6.07, 6.45) is 2.93. The number of ether oxygens (including phenoxy) is 2. The highest BCUT2D eigenvalue weighted by Crippen LogP contribution is 2.16. The van der Waals surface area contributed by atoms with Gasteiger partial charge in [-0.3, -0.25) is 9.48 Å². The number of aryl methyl sites for hydroxylation is 1. The number of hydrogen-bond donors (Lipinski definition) is 0. The van der Waals surface area contributed by atoms with Crippen LogP contribution in [0.5, 0.6) is 0 Å². The summed E-state index contributed by atoms with van der Waals surface area (Å²) < 4.78 is 17.8. The van der Waals surface area contributed by atoms with E-state index in [0.717, 1.165) is 18.7 Å². The van der Waals surface area contributed by atoms with Gasteiger partial charge in [-0.25, -0.2) is 0 Å². The van der Waals surface area contributed by atoms with Gasteiger partial charge in [0.2, 0.25) is 5.89 Å². The minimum atomic E-state index is -0.172. The highest BCUT2D eigenvalue weighted by molar-refractivity contribution is 5.95. The first kappa shape index (κ1) is 18.5. The Hall–Kier alpha value is -2.26. The number of carbonyl (C=O) groups is 1. The van der Waals surface area contributed by atoms with Crippen molar-refractivity contribution >= 4 is 5.91 Å². The molecular weight excluding hydrogens is 338 g/mol. The van der Waals surface area contributed by atoms with Crippen molar-refractivity contribution in [1.82, 2.24) is 24.8 Å². The Bertz CT molecular complexity index is 741. The fraction of sp³-hybridized carbons (Fsp3) is 0.647. The second-order valence-electron chi connectivity index (χ2n) is 6.35. The number of morpholine rings is 1. The molecule has 142 valence electrons. The first-order valence-electron chi connectivity index (χ1n) is 8.86. The van der Waals surface area contributed by atoms with E-state index in [0.29, 0.717) is 50.0 Å². The SMILES string of the molecule is CCCn1ncc(C(=O)N2CCOC(Cc3nc(COC)no3)C2)c1C. The molecule has 0 N–H and O–H groups in total. The minimum Gasteiger partial charge on any atom is -0.377 e. The van der Waals surface area contributed by atoms with E-state index in [4.69, 9.17) is 14.0 Å². The molecule has 3 rings (SSSR count). The van der Waals surface area contributed by atoms with E-state index < -0.39 is 0 Å². The zero-order valence-corrected chi connectivity index (χ0v) is 15.5. The quantitative estimate of drug-likeness (QED) is 0.730. The zero-order chi connectivity index (χ0) is 18.5. The maximum atomic E-state index is 12.9. The maximum Gasteiger partial charge on any atom is 0.257 e. The van der Waals surface area contributed by atoms with Gasteiger partial charge in [0.1, 0.15) is 6.61 Å². The number of carbonyl (C=O) groups excluding carboxylic acids is 1. The van der Waals surface area contributed by atoms with E-state index in [9.17, 15) is 4.79 Å². The molecule has 1 aliphatic heterocycles. The van der Waals surface area contributed by atoms with E-state index >= 15 is 0 Å². The first-order chi connectivity index (χ1) is 12.6. The lowest BCUT2D eigenvalue weighted by atomic mass is 10.1. The third kappa shape index (κ3) is 4.10. The van der Waals surface area contributed by atoms with Crippen molar-refractivity contribution in [2.75, 3.05) is 26.8 Å². The molecule has 26 heavy (non-hydrogen) atoms. The highest BCUT2D eigenvalue weighted by Gasteiger charge is 2.28. The van der Waals surface area contributed by atoms with Gasteiger partial charge < -0.3 is 18.9 Å². The molecule has 1 aliphatic rings. The maximum absolute atomic E-state index is 12.9. The van der Waals surface area contributed by atoms with Crippen molar-refractivity contribution in [3.63, 3.8) is 0 Å². The number of methoxy groups -OCH3 is 1. The van der Waals surface area contributed by atoms with Gasteiger partial charge in [-0.1, -0.05) is 12.1 Å². The van der Waals surface area contributed by atoms with Crippen molar-refractivity contribution in [1.29, 1.82) is 0 Å². The van der Waals surface area contributed by atoms with E-state index in [2.05, 4.69) is 22.2 Å². The molecule has 0 spiro atoms. The van der Waals surface area contributed by atoms with Crippen molar-refractivity contribution in [2.24, 2.45) is 0 Å². The molecule has 0 saturated carbocycles. The predicted octanol–water partition coefficient (Wildman–Crippen LogP) is 1.21. The van der Waals surface area contributed by atoms with Gasteiger partial charge in [-0.05, 0) is 13.3 Å². The fourth-order valence-corrected chi connectivity index (χ4v) is 3.05. The molecule has 2 aromatic heterocycles. The molecule has 9 heteroatoms. The summed E-state index contributed by atoms with van der Waals surface area (Å²) in [6, 6.07) is 0. The molecule has 1 atom stereocenters. The molecule has 0 radical (unpaired) electrons. The second-order valence-corrected chi connectivity index (χ2v) is 6.35. The summed E-state index contributed by atoms with van der Waals surface area (Å²) in [4.78, 5) is 18.9. The molecule has 2 aromatic rings. The van der Waals surface area contributed by atoms with Crippen LogP contribution in [0.2, 0.25) is 0 Å². The van der Waals surface area contributed by atoms with Crippen LogP contribution in [0.1, 0.15) is 41.1 Å². The van der Waals surface area contributed by atoms with Gasteiger partial charge in [0.15, 0.2) is 5.82 Å². The Morgan fingerprint density at radius 3 is 3.08 bits per heavy atom. The monoisotopic (exact) mass is 363 g/mol. The van der Waals surface area contributed by atoms with Crippen LogP contribution in [-0.4, -0.2) is 63.6 Å². The average Bonchev–Trinajstić information content (AvgIpc) is 3.22. The van der Waals surface area contributed by atoms with Crippen LogP contribution in [-0.2, 0) is 29.0 Å². The van der Waals surface area contributed by atoms with Crippen molar-refractivity contribution < 1.29 is 18.8 Å². The van der Waals surface area contributed by atoms with E-state index in [1.54, 1.807) is 18.2 Å². The normalized spacial score (nSPS) is 17.7.